The molecular formula is C102H132N6O16S2. The van der Waals surface area contributed by atoms with Crippen molar-refractivity contribution in [1.29, 1.82) is 10.5 Å². The summed E-state index contributed by atoms with van der Waals surface area (Å²) in [5, 5.41) is 19.2. The number of aromatic nitrogens is 1. The Morgan fingerprint density at radius 2 is 0.937 bits per heavy atom. The summed E-state index contributed by atoms with van der Waals surface area (Å²) in [4.78, 5) is 79.3. The topological polar surface area (TPSA) is 288 Å². The number of hydrogen-bond acceptors (Lipinski definition) is 21. The van der Waals surface area contributed by atoms with E-state index in [0.29, 0.717) is 29.4 Å². The van der Waals surface area contributed by atoms with Gasteiger partial charge in [0.2, 0.25) is 19.7 Å². The Hall–Kier alpha value is -11.9. The van der Waals surface area contributed by atoms with Crippen molar-refractivity contribution >= 4 is 72.1 Å². The summed E-state index contributed by atoms with van der Waals surface area (Å²) in [7, 11) is -2.43. The lowest BCUT2D eigenvalue weighted by atomic mass is 9.86. The number of allylic oxidation sites excluding steroid dienone is 7. The van der Waals surface area contributed by atoms with Crippen molar-refractivity contribution in [2.24, 2.45) is 7.05 Å². The summed E-state index contributed by atoms with van der Waals surface area (Å²) >= 11 is 0. The molecule has 24 heteroatoms. The molecule has 126 heavy (non-hydrogen) atoms. The molecule has 0 N–H and O–H groups in total. The van der Waals surface area contributed by atoms with Crippen LogP contribution in [0, 0.1) is 22.7 Å². The van der Waals surface area contributed by atoms with Gasteiger partial charge in [-0.1, -0.05) is 208 Å². The van der Waals surface area contributed by atoms with Crippen LogP contribution in [-0.4, -0.2) is 149 Å². The molecule has 0 spiro atoms. The Bertz CT molecular complexity index is 4980. The van der Waals surface area contributed by atoms with Gasteiger partial charge in [0.05, 0.1) is 60.0 Å². The summed E-state index contributed by atoms with van der Waals surface area (Å²) in [6.07, 6.45) is 26.1. The van der Waals surface area contributed by atoms with E-state index in [4.69, 9.17) is 38.9 Å². The molecule has 0 amide bonds. The molecule has 0 aliphatic carbocycles. The number of carbonyl (C=O) groups excluding carboxylic acids is 6. The number of sulfone groups is 2. The number of para-hydroxylation sites is 1. The van der Waals surface area contributed by atoms with Crippen LogP contribution in [0.5, 0.6) is 5.75 Å². The first-order valence-corrected chi connectivity index (χ1v) is 46.4. The van der Waals surface area contributed by atoms with Gasteiger partial charge < -0.3 is 47.7 Å². The van der Waals surface area contributed by atoms with Gasteiger partial charge >= 0.3 is 23.9 Å². The predicted molar refractivity (Wildman–Crippen MR) is 502 cm³/mol. The van der Waals surface area contributed by atoms with E-state index in [1.54, 1.807) is 144 Å². The Labute approximate surface area is 749 Å². The minimum absolute atomic E-state index is 0.0422. The van der Waals surface area contributed by atoms with Crippen LogP contribution in [0.1, 0.15) is 219 Å². The fraction of sp³-hybridized carbons (Fsp3) is 0.412. The number of Topliss-reactive ketones (excluding diaryl/α,β-unsaturated/α-hetero) is 2. The van der Waals surface area contributed by atoms with E-state index in [1.807, 2.05) is 149 Å². The molecule has 1 aliphatic rings. The van der Waals surface area contributed by atoms with Gasteiger partial charge in [-0.25, -0.2) is 36.0 Å². The van der Waals surface area contributed by atoms with Gasteiger partial charge in [0.1, 0.15) is 35.6 Å². The Kier molecular flexibility index (Phi) is 46.9. The van der Waals surface area contributed by atoms with Gasteiger partial charge in [-0.3, -0.25) is 9.59 Å². The number of nitriles is 2. The minimum Gasteiger partial charge on any atom is -0.497 e. The molecule has 0 unspecified atom stereocenters. The van der Waals surface area contributed by atoms with E-state index >= 15 is 0 Å². The number of fused-ring (bicyclic) bond motifs is 1. The van der Waals surface area contributed by atoms with Gasteiger partial charge in [0, 0.05) is 67.9 Å². The van der Waals surface area contributed by atoms with Crippen molar-refractivity contribution in [1.82, 2.24) is 19.3 Å². The van der Waals surface area contributed by atoms with E-state index in [9.17, 15) is 45.6 Å². The lowest BCUT2D eigenvalue weighted by Crippen LogP contribution is -2.36. The fourth-order valence-corrected chi connectivity index (χ4v) is 15.1. The Morgan fingerprint density at radius 3 is 1.33 bits per heavy atom. The predicted octanol–water partition coefficient (Wildman–Crippen LogP) is 21.3. The molecular weight excluding hydrogens is 1630 g/mol. The van der Waals surface area contributed by atoms with E-state index < -0.39 is 43.6 Å². The number of hydrogen-bond donors (Lipinski definition) is 0. The quantitative estimate of drug-likeness (QED) is 0.00397. The number of methoxy groups -OCH3 is 1. The second-order valence-corrected chi connectivity index (χ2v) is 35.7. The second kappa shape index (κ2) is 55.5. The molecule has 0 atom stereocenters. The first kappa shape index (κ1) is 106. The van der Waals surface area contributed by atoms with Gasteiger partial charge in [-0.2, -0.15) is 10.5 Å². The van der Waals surface area contributed by atoms with Crippen LogP contribution in [0.2, 0.25) is 0 Å². The number of ketones is 2. The zero-order valence-corrected chi connectivity index (χ0v) is 78.7. The van der Waals surface area contributed by atoms with E-state index in [0.717, 1.165) is 98.0 Å². The average Bonchev–Trinajstić information content (AvgIpc) is 1.59. The van der Waals surface area contributed by atoms with Crippen LogP contribution in [0.4, 0.5) is 0 Å². The Balaban J connectivity index is 0.000000332. The number of unbranched alkanes of at least 4 members (excludes halogenated alkanes) is 10. The highest BCUT2D eigenvalue weighted by atomic mass is 32.2. The summed E-state index contributed by atoms with van der Waals surface area (Å²) in [6, 6.07) is 52.1. The van der Waals surface area contributed by atoms with Crippen molar-refractivity contribution in [3.8, 4) is 29.1 Å². The zero-order valence-electron chi connectivity index (χ0n) is 77.1. The van der Waals surface area contributed by atoms with Crippen molar-refractivity contribution in [2.75, 3.05) is 60.2 Å². The number of esters is 4. The van der Waals surface area contributed by atoms with Crippen LogP contribution in [0.25, 0.3) is 28.2 Å². The molecule has 0 radical (unpaired) electrons. The lowest BCUT2D eigenvalue weighted by molar-refractivity contribution is -0.151. The van der Waals surface area contributed by atoms with Crippen LogP contribution >= 0.6 is 0 Å². The second-order valence-electron chi connectivity index (χ2n) is 31.8. The van der Waals surface area contributed by atoms with Crippen LogP contribution in [0.3, 0.4) is 0 Å². The SMILES string of the molecule is CC(C)OC(=O)C(=C/C=C1\OCC(C)(C)N1C)C(=O)OC(C)C.CCCCCCCCOC(=O)/C(=C/C=C/N(CC)CC)S(=O)(=O)c1ccccc1.CCCCCCCCOC(=O)/C(=C/C=C/N(CC)CC)S(=O)(=O)c1ccccc1.COc1ccc(C(=O)CC(=O)c2ccc(C(C)(C)C)cc2)cc1.Cn1c(-c2ccccc2)c(C=C(C#N)C#N)c2ccccc21. The summed E-state index contributed by atoms with van der Waals surface area (Å²) in [6.45, 7) is 33.9. The van der Waals surface area contributed by atoms with Crippen LogP contribution < -0.4 is 4.74 Å². The first-order valence-electron chi connectivity index (χ1n) is 43.4. The molecule has 0 bridgehead atoms. The third-order valence-electron chi connectivity index (χ3n) is 20.1. The number of aryl methyl sites for hydroxylation is 1. The maximum atomic E-state index is 13.0. The average molecular weight is 1760 g/mol. The highest BCUT2D eigenvalue weighted by Gasteiger charge is 2.35. The molecule has 1 aliphatic heterocycles. The maximum Gasteiger partial charge on any atom is 0.350 e. The smallest absolute Gasteiger partial charge is 0.350 e. The summed E-state index contributed by atoms with van der Waals surface area (Å²) in [5.74, 6) is -2.08. The zero-order chi connectivity index (χ0) is 93.4. The number of rotatable bonds is 40. The van der Waals surface area contributed by atoms with Crippen LogP contribution in [-0.2, 0) is 75.0 Å². The lowest BCUT2D eigenvalue weighted by Gasteiger charge is -2.25. The van der Waals surface area contributed by atoms with Gasteiger partial charge in [-0.15, -0.1) is 0 Å². The molecule has 1 saturated heterocycles. The number of nitrogens with zero attached hydrogens (tertiary/aromatic N) is 6. The number of likely N-dealkylation sites (N-methyl/N-ethyl adjacent to an activating group) is 1. The molecule has 678 valence electrons. The monoisotopic (exact) mass is 1760 g/mol. The van der Waals surface area contributed by atoms with Crippen molar-refractivity contribution < 1.29 is 74.0 Å². The molecule has 0 saturated carbocycles. The maximum absolute atomic E-state index is 13.0. The molecule has 2 heterocycles. The fourth-order valence-electron chi connectivity index (χ4n) is 12.5. The first-order chi connectivity index (χ1) is 60.0. The third-order valence-corrected chi connectivity index (χ3v) is 23.7. The third kappa shape index (κ3) is 35.3. The largest absolute Gasteiger partial charge is 0.497 e. The van der Waals surface area contributed by atoms with E-state index in [1.165, 1.54) is 81.0 Å². The van der Waals surface area contributed by atoms with E-state index in [2.05, 4.69) is 39.2 Å². The van der Waals surface area contributed by atoms with Crippen LogP contribution in [0.15, 0.2) is 249 Å². The van der Waals surface area contributed by atoms with Crippen molar-refractivity contribution in [2.45, 2.75) is 220 Å². The molecule has 7 aromatic rings. The van der Waals surface area contributed by atoms with Crippen molar-refractivity contribution in [3.63, 3.8) is 0 Å². The highest BCUT2D eigenvalue weighted by Crippen LogP contribution is 2.35. The number of carbonyl (C=O) groups is 6. The summed E-state index contributed by atoms with van der Waals surface area (Å²) < 4.78 is 85.5. The standard InChI is InChI=1S/2C23H35NO4S.C20H22O3.C19H13N3.C17H27NO5/c2*1-4-7-8-9-10-14-20-28-23(25)22(18-15-19-24(5-2)6-3)29(26,27)21-16-12-11-13-17-21;1-20(2,3)16-9-5-14(6-10-16)18(21)13-19(22)15-7-11-17(23-4)12-8-15;1-22-18-10-6-5-9-16(18)17(11-14(12-20)13-21)19(22)15-7-3-2-4-8-15;1-11(2)22-15(19)13(16(20)23-12(3)4)8-9-14-18(7)17(5,6)10-21-14/h2*11-13,15-19H,4-10,14,20H2,1-3H3;5-12H,13H2,1-4H3;2-11H,1H3;8-9,11-12H,10H2,1-7H3/b2*19-15+,22-18-;;;14-9-. The normalized spacial score (nSPS) is 12.7. The molecule has 8 rings (SSSR count). The Morgan fingerprint density at radius 1 is 0.532 bits per heavy atom. The molecule has 6 aromatic carbocycles. The van der Waals surface area contributed by atoms with Gasteiger partial charge in [0.15, 0.2) is 27.3 Å². The van der Waals surface area contributed by atoms with Gasteiger partial charge in [-0.05, 0) is 208 Å². The van der Waals surface area contributed by atoms with Crippen molar-refractivity contribution in [3.05, 3.63) is 262 Å². The van der Waals surface area contributed by atoms with Gasteiger partial charge in [0.25, 0.3) is 0 Å². The highest BCUT2D eigenvalue weighted by molar-refractivity contribution is 7.96. The summed E-state index contributed by atoms with van der Waals surface area (Å²) in [5.41, 5.74) is 6.14. The molecule has 1 fully saturated rings. The van der Waals surface area contributed by atoms with E-state index in [-0.39, 0.29) is 85.1 Å². The number of benzene rings is 6. The number of ether oxygens (including phenoxy) is 6. The molecule has 22 nitrogen and oxygen atoms in total. The molecule has 1 aromatic heterocycles. The minimum atomic E-state index is -3.95.